The van der Waals surface area contributed by atoms with Crippen LogP contribution in [0.5, 0.6) is 0 Å². The number of hydrogen-bond acceptors (Lipinski definition) is 6. The van der Waals surface area contributed by atoms with E-state index in [0.29, 0.717) is 11.9 Å². The zero-order valence-corrected chi connectivity index (χ0v) is 20.3. The highest BCUT2D eigenvalue weighted by molar-refractivity contribution is 7.99. The molecule has 0 atom stereocenters. The van der Waals surface area contributed by atoms with Gasteiger partial charge < -0.3 is 5.32 Å². The Bertz CT molecular complexity index is 1290. The van der Waals surface area contributed by atoms with Crippen LogP contribution in [0.1, 0.15) is 45.3 Å². The molecule has 0 spiro atoms. The van der Waals surface area contributed by atoms with E-state index >= 15 is 0 Å². The highest BCUT2D eigenvalue weighted by Crippen LogP contribution is 2.41. The number of amides is 1. The molecule has 1 aromatic carbocycles. The number of anilines is 1. The molecule has 1 N–H and O–H groups in total. The molecule has 4 aromatic rings. The van der Waals surface area contributed by atoms with Crippen LogP contribution in [0.15, 0.2) is 66.1 Å². The highest BCUT2D eigenvalue weighted by Gasteiger charge is 2.30. The third-order valence-corrected chi connectivity index (χ3v) is 6.54. The van der Waals surface area contributed by atoms with E-state index in [4.69, 9.17) is 5.10 Å². The third kappa shape index (κ3) is 4.75. The summed E-state index contributed by atoms with van der Waals surface area (Å²) in [6.45, 7) is 6.33. The van der Waals surface area contributed by atoms with Crippen molar-refractivity contribution in [3.63, 3.8) is 0 Å². The molecule has 1 fully saturated rings. The number of nitrogens with zero attached hydrogens (tertiary/aromatic N) is 6. The van der Waals surface area contributed by atoms with Gasteiger partial charge in [0.05, 0.1) is 17.1 Å². The first-order valence-electron chi connectivity index (χ1n) is 11.3. The Morgan fingerprint density at radius 1 is 1.09 bits per heavy atom. The molecule has 0 radical (unpaired) electrons. The van der Waals surface area contributed by atoms with Crippen molar-refractivity contribution < 1.29 is 4.79 Å². The van der Waals surface area contributed by atoms with Crippen molar-refractivity contribution in [2.24, 2.45) is 0 Å². The first kappa shape index (κ1) is 22.3. The second-order valence-corrected chi connectivity index (χ2v) is 10.3. The van der Waals surface area contributed by atoms with E-state index in [-0.39, 0.29) is 17.1 Å². The summed E-state index contributed by atoms with van der Waals surface area (Å²) in [5.74, 6) is 1.59. The average Bonchev–Trinajstić information content (AvgIpc) is 3.43. The molecule has 1 saturated carbocycles. The number of carbonyl (C=O) groups excluding carboxylic acids is 1. The molecule has 1 aliphatic carbocycles. The molecule has 9 heteroatoms. The minimum Gasteiger partial charge on any atom is -0.310 e. The van der Waals surface area contributed by atoms with Crippen molar-refractivity contribution in [2.75, 3.05) is 11.1 Å². The van der Waals surface area contributed by atoms with E-state index in [1.165, 1.54) is 11.8 Å². The maximum absolute atomic E-state index is 13.0. The predicted molar refractivity (Wildman–Crippen MR) is 133 cm³/mol. The molecule has 1 amide bonds. The number of benzene rings is 1. The molecule has 0 unspecified atom stereocenters. The number of para-hydroxylation sites is 1. The normalized spacial score (nSPS) is 13.7. The summed E-state index contributed by atoms with van der Waals surface area (Å²) in [6, 6.07) is 16.0. The molecule has 8 nitrogen and oxygen atoms in total. The topological polar surface area (TPSA) is 90.5 Å². The molecule has 0 saturated heterocycles. The average molecular weight is 474 g/mol. The first-order valence-corrected chi connectivity index (χ1v) is 12.3. The Balaban J connectivity index is 1.34. The highest BCUT2D eigenvalue weighted by atomic mass is 32.2. The summed E-state index contributed by atoms with van der Waals surface area (Å²) in [6.07, 6.45) is 5.70. The molecular weight excluding hydrogens is 446 g/mol. The molecule has 5 rings (SSSR count). The van der Waals surface area contributed by atoms with Gasteiger partial charge in [0.15, 0.2) is 11.0 Å². The number of nitrogens with one attached hydrogen (secondary N) is 1. The largest absolute Gasteiger partial charge is 0.310 e. The van der Waals surface area contributed by atoms with Gasteiger partial charge in [0.25, 0.3) is 0 Å². The maximum atomic E-state index is 13.0. The van der Waals surface area contributed by atoms with Gasteiger partial charge in [-0.3, -0.25) is 14.3 Å². The third-order valence-electron chi connectivity index (χ3n) is 5.59. The lowest BCUT2D eigenvalue weighted by atomic mass is 9.92. The van der Waals surface area contributed by atoms with E-state index in [0.717, 1.165) is 40.8 Å². The van der Waals surface area contributed by atoms with Gasteiger partial charge in [0.2, 0.25) is 5.91 Å². The molecule has 174 valence electrons. The molecular formula is C25H27N7OS. The van der Waals surface area contributed by atoms with Crippen LogP contribution in [-0.2, 0) is 10.2 Å². The Labute approximate surface area is 202 Å². The lowest BCUT2D eigenvalue weighted by Gasteiger charge is -2.14. The quantitative estimate of drug-likeness (QED) is 0.384. The smallest absolute Gasteiger partial charge is 0.236 e. The minimum atomic E-state index is -0.141. The van der Waals surface area contributed by atoms with E-state index < -0.39 is 0 Å². The van der Waals surface area contributed by atoms with Crippen LogP contribution in [0.4, 0.5) is 5.82 Å². The summed E-state index contributed by atoms with van der Waals surface area (Å²) >= 11 is 1.40. The number of aromatic nitrogens is 6. The number of thioether (sulfide) groups is 1. The second kappa shape index (κ2) is 9.06. The fourth-order valence-corrected chi connectivity index (χ4v) is 4.45. The van der Waals surface area contributed by atoms with E-state index in [9.17, 15) is 4.79 Å². The second-order valence-electron chi connectivity index (χ2n) is 9.39. The fourth-order valence-electron chi connectivity index (χ4n) is 3.65. The van der Waals surface area contributed by atoms with E-state index in [2.05, 4.69) is 45.8 Å². The van der Waals surface area contributed by atoms with Gasteiger partial charge >= 0.3 is 0 Å². The zero-order chi connectivity index (χ0) is 23.7. The van der Waals surface area contributed by atoms with Crippen molar-refractivity contribution in [3.8, 4) is 17.1 Å². The van der Waals surface area contributed by atoms with Gasteiger partial charge in [-0.05, 0) is 37.1 Å². The molecule has 34 heavy (non-hydrogen) atoms. The van der Waals surface area contributed by atoms with Crippen LogP contribution in [0, 0.1) is 0 Å². The molecule has 0 aliphatic heterocycles. The van der Waals surface area contributed by atoms with Crippen molar-refractivity contribution >= 4 is 23.5 Å². The summed E-state index contributed by atoms with van der Waals surface area (Å²) in [5.41, 5.74) is 2.65. The Hall–Kier alpha value is -3.46. The summed E-state index contributed by atoms with van der Waals surface area (Å²) in [7, 11) is 0. The zero-order valence-electron chi connectivity index (χ0n) is 19.5. The number of pyridine rings is 1. The van der Waals surface area contributed by atoms with Gasteiger partial charge in [-0.25, -0.2) is 4.68 Å². The number of hydrogen-bond donors (Lipinski definition) is 1. The van der Waals surface area contributed by atoms with Gasteiger partial charge in [-0.15, -0.1) is 10.2 Å². The van der Waals surface area contributed by atoms with Crippen LogP contribution in [0.25, 0.3) is 17.1 Å². The summed E-state index contributed by atoms with van der Waals surface area (Å²) < 4.78 is 3.94. The van der Waals surface area contributed by atoms with Crippen LogP contribution in [0.2, 0.25) is 0 Å². The van der Waals surface area contributed by atoms with Gasteiger partial charge in [-0.1, -0.05) is 50.7 Å². The molecule has 1 aliphatic rings. The lowest BCUT2D eigenvalue weighted by Crippen LogP contribution is -2.17. The first-order chi connectivity index (χ1) is 16.4. The Kier molecular flexibility index (Phi) is 5.95. The number of carbonyl (C=O) groups is 1. The van der Waals surface area contributed by atoms with Crippen LogP contribution >= 0.6 is 11.8 Å². The molecule has 3 heterocycles. The van der Waals surface area contributed by atoms with Gasteiger partial charge in [0, 0.05) is 35.5 Å². The van der Waals surface area contributed by atoms with Gasteiger partial charge in [-0.2, -0.15) is 5.10 Å². The SMILES string of the molecule is CC(C)(C)c1cc(NC(=O)CSc2nnc(-c3ccncc3)n2C2CC2)n(-c2ccccc2)n1. The summed E-state index contributed by atoms with van der Waals surface area (Å²) in [5, 5.41) is 17.4. The van der Waals surface area contributed by atoms with Crippen LogP contribution in [-0.4, -0.2) is 41.2 Å². The Morgan fingerprint density at radius 3 is 2.50 bits per heavy atom. The predicted octanol–water partition coefficient (Wildman–Crippen LogP) is 4.89. The Morgan fingerprint density at radius 2 is 1.82 bits per heavy atom. The minimum absolute atomic E-state index is 0.113. The molecule has 0 bridgehead atoms. The van der Waals surface area contributed by atoms with Crippen LogP contribution in [0.3, 0.4) is 0 Å². The van der Waals surface area contributed by atoms with E-state index in [1.54, 1.807) is 17.1 Å². The van der Waals surface area contributed by atoms with Crippen molar-refractivity contribution in [2.45, 2.75) is 50.2 Å². The van der Waals surface area contributed by atoms with Crippen molar-refractivity contribution in [1.29, 1.82) is 0 Å². The standard InChI is InChI=1S/C25H27N7OS/c1-25(2,3)20-15-21(32(30-20)19-7-5-4-6-8-19)27-22(33)16-34-24-29-28-23(31(24)18-9-10-18)17-11-13-26-14-12-17/h4-8,11-15,18H,9-10,16H2,1-3H3,(H,27,33). The van der Waals surface area contributed by atoms with Crippen molar-refractivity contribution in [3.05, 3.63) is 66.6 Å². The summed E-state index contributed by atoms with van der Waals surface area (Å²) in [4.78, 5) is 17.1. The van der Waals surface area contributed by atoms with Crippen molar-refractivity contribution in [1.82, 2.24) is 29.5 Å². The van der Waals surface area contributed by atoms with E-state index in [1.807, 2.05) is 48.5 Å². The number of rotatable bonds is 7. The lowest BCUT2D eigenvalue weighted by molar-refractivity contribution is -0.113. The monoisotopic (exact) mass is 473 g/mol. The van der Waals surface area contributed by atoms with Crippen LogP contribution < -0.4 is 5.32 Å². The molecule has 3 aromatic heterocycles. The maximum Gasteiger partial charge on any atom is 0.236 e. The fraction of sp³-hybridized carbons (Fsp3) is 0.320. The van der Waals surface area contributed by atoms with Gasteiger partial charge in [0.1, 0.15) is 5.82 Å².